The molecule has 0 amide bonds. The molecule has 0 aromatic carbocycles. The van der Waals surface area contributed by atoms with Crippen molar-refractivity contribution in [2.45, 2.75) is 57.6 Å². The van der Waals surface area contributed by atoms with Crippen molar-refractivity contribution in [3.63, 3.8) is 0 Å². The lowest BCUT2D eigenvalue weighted by Crippen LogP contribution is -2.40. The van der Waals surface area contributed by atoms with Crippen molar-refractivity contribution in [3.05, 3.63) is 17.7 Å². The van der Waals surface area contributed by atoms with Gasteiger partial charge in [-0.25, -0.2) is 13.4 Å². The molecule has 1 aromatic rings. The molecule has 1 aliphatic heterocycles. The number of sulfonamides is 1. The molecule has 0 spiro atoms. The first kappa shape index (κ1) is 15.0. The molecule has 0 radical (unpaired) electrons. The average Bonchev–Trinajstić information content (AvgIpc) is 3.22. The van der Waals surface area contributed by atoms with Crippen LogP contribution in [0.25, 0.3) is 0 Å². The molecule has 0 N–H and O–H groups in total. The predicted molar refractivity (Wildman–Crippen MR) is 81.2 cm³/mol. The number of imidazole rings is 1. The van der Waals surface area contributed by atoms with E-state index in [0.717, 1.165) is 25.2 Å². The molecule has 1 saturated carbocycles. The van der Waals surface area contributed by atoms with Crippen molar-refractivity contribution in [2.24, 2.45) is 0 Å². The Morgan fingerprint density at radius 3 is 2.71 bits per heavy atom. The molecule has 1 aromatic heterocycles. The van der Waals surface area contributed by atoms with Crippen LogP contribution in [0.4, 0.5) is 0 Å². The second-order valence-corrected chi connectivity index (χ2v) is 8.62. The third-order valence-corrected chi connectivity index (χ3v) is 6.86. The Kier molecular flexibility index (Phi) is 3.83. The Morgan fingerprint density at radius 1 is 1.38 bits per heavy atom. The highest BCUT2D eigenvalue weighted by Crippen LogP contribution is 2.32. The standard InChI is InChI=1S/C14H24N4O2S/c1-11(2)16(3)9-12-8-15-14-10-17(6-7-18(12)14)21(19,20)13-4-5-13/h8,11,13H,4-7,9-10H2,1-3H3. The van der Waals surface area contributed by atoms with Gasteiger partial charge in [0.2, 0.25) is 10.0 Å². The van der Waals surface area contributed by atoms with Crippen LogP contribution in [0.15, 0.2) is 6.20 Å². The molecule has 1 aliphatic carbocycles. The van der Waals surface area contributed by atoms with Crippen LogP contribution < -0.4 is 0 Å². The molecule has 0 saturated heterocycles. The minimum Gasteiger partial charge on any atom is -0.328 e. The maximum atomic E-state index is 12.3. The van der Waals surface area contributed by atoms with Crippen molar-refractivity contribution in [1.82, 2.24) is 18.8 Å². The molecular formula is C14H24N4O2S. The molecule has 0 bridgehead atoms. The monoisotopic (exact) mass is 312 g/mol. The smallest absolute Gasteiger partial charge is 0.217 e. The van der Waals surface area contributed by atoms with Gasteiger partial charge in [0, 0.05) is 31.9 Å². The zero-order valence-electron chi connectivity index (χ0n) is 13.0. The van der Waals surface area contributed by atoms with E-state index in [9.17, 15) is 8.42 Å². The fourth-order valence-electron chi connectivity index (χ4n) is 2.66. The number of fused-ring (bicyclic) bond motifs is 1. The van der Waals surface area contributed by atoms with Crippen LogP contribution in [0.2, 0.25) is 0 Å². The Hall–Kier alpha value is -0.920. The first-order valence-corrected chi connectivity index (χ1v) is 9.12. The van der Waals surface area contributed by atoms with Crippen molar-refractivity contribution >= 4 is 10.0 Å². The highest BCUT2D eigenvalue weighted by molar-refractivity contribution is 7.90. The fraction of sp³-hybridized carbons (Fsp3) is 0.786. The number of aromatic nitrogens is 2. The normalized spacial score (nSPS) is 20.2. The van der Waals surface area contributed by atoms with Crippen molar-refractivity contribution in [3.8, 4) is 0 Å². The molecule has 1 fully saturated rings. The topological polar surface area (TPSA) is 58.4 Å². The van der Waals surface area contributed by atoms with Gasteiger partial charge in [-0.2, -0.15) is 4.31 Å². The van der Waals surface area contributed by atoms with E-state index >= 15 is 0 Å². The van der Waals surface area contributed by atoms with E-state index in [-0.39, 0.29) is 5.25 Å². The van der Waals surface area contributed by atoms with E-state index in [0.29, 0.717) is 25.7 Å². The van der Waals surface area contributed by atoms with Gasteiger partial charge in [-0.3, -0.25) is 4.90 Å². The van der Waals surface area contributed by atoms with Gasteiger partial charge in [0.15, 0.2) is 0 Å². The average molecular weight is 312 g/mol. The molecule has 3 rings (SSSR count). The second kappa shape index (κ2) is 5.37. The zero-order valence-corrected chi connectivity index (χ0v) is 13.8. The van der Waals surface area contributed by atoms with Gasteiger partial charge >= 0.3 is 0 Å². The Bertz CT molecular complexity index is 619. The third kappa shape index (κ3) is 2.86. The lowest BCUT2D eigenvalue weighted by molar-refractivity contribution is 0.253. The van der Waals surface area contributed by atoms with Gasteiger partial charge in [0.25, 0.3) is 0 Å². The molecule has 118 valence electrons. The van der Waals surface area contributed by atoms with Gasteiger partial charge in [0.1, 0.15) is 5.82 Å². The Morgan fingerprint density at radius 2 is 2.10 bits per heavy atom. The summed E-state index contributed by atoms with van der Waals surface area (Å²) in [5.41, 5.74) is 1.17. The second-order valence-electron chi connectivity index (χ2n) is 6.40. The summed E-state index contributed by atoms with van der Waals surface area (Å²) in [6.45, 7) is 6.88. The minimum atomic E-state index is -3.09. The summed E-state index contributed by atoms with van der Waals surface area (Å²) in [6, 6.07) is 0.478. The predicted octanol–water partition coefficient (Wildman–Crippen LogP) is 1.03. The molecule has 0 atom stereocenters. The van der Waals surface area contributed by atoms with Crippen molar-refractivity contribution < 1.29 is 8.42 Å². The number of rotatable bonds is 5. The van der Waals surface area contributed by atoms with Crippen LogP contribution in [-0.2, 0) is 29.7 Å². The SMILES string of the molecule is CC(C)N(C)Cc1cnc2n1CCN(S(=O)(=O)C1CC1)C2. The molecular weight excluding hydrogens is 288 g/mol. The van der Waals surface area contributed by atoms with Crippen molar-refractivity contribution in [2.75, 3.05) is 13.6 Å². The van der Waals surface area contributed by atoms with Gasteiger partial charge in [-0.1, -0.05) is 0 Å². The number of hydrogen-bond donors (Lipinski definition) is 0. The van der Waals surface area contributed by atoms with Crippen LogP contribution in [0.3, 0.4) is 0 Å². The van der Waals surface area contributed by atoms with Crippen LogP contribution >= 0.6 is 0 Å². The van der Waals surface area contributed by atoms with Gasteiger partial charge in [-0.15, -0.1) is 0 Å². The number of hydrogen-bond acceptors (Lipinski definition) is 4. The van der Waals surface area contributed by atoms with Gasteiger partial charge in [0.05, 0.1) is 17.5 Å². The van der Waals surface area contributed by atoms with Gasteiger partial charge < -0.3 is 4.57 Å². The lowest BCUT2D eigenvalue weighted by atomic mass is 10.3. The maximum Gasteiger partial charge on any atom is 0.217 e. The van der Waals surface area contributed by atoms with Crippen LogP contribution in [0.5, 0.6) is 0 Å². The van der Waals surface area contributed by atoms with E-state index in [1.165, 1.54) is 5.69 Å². The molecule has 6 nitrogen and oxygen atoms in total. The van der Waals surface area contributed by atoms with E-state index in [1.54, 1.807) is 4.31 Å². The lowest BCUT2D eigenvalue weighted by Gasteiger charge is -2.29. The van der Waals surface area contributed by atoms with Crippen LogP contribution in [0.1, 0.15) is 38.2 Å². The summed E-state index contributed by atoms with van der Waals surface area (Å²) in [4.78, 5) is 6.70. The highest BCUT2D eigenvalue weighted by Gasteiger charge is 2.41. The molecule has 2 aliphatic rings. The van der Waals surface area contributed by atoms with Crippen LogP contribution in [0, 0.1) is 0 Å². The summed E-state index contributed by atoms with van der Waals surface area (Å²) in [6.07, 6.45) is 3.52. The summed E-state index contributed by atoms with van der Waals surface area (Å²) >= 11 is 0. The third-order valence-electron chi connectivity index (χ3n) is 4.51. The first-order valence-electron chi connectivity index (χ1n) is 7.62. The highest BCUT2D eigenvalue weighted by atomic mass is 32.2. The van der Waals surface area contributed by atoms with Gasteiger partial charge in [-0.05, 0) is 33.7 Å². The van der Waals surface area contributed by atoms with E-state index in [4.69, 9.17) is 0 Å². The van der Waals surface area contributed by atoms with E-state index in [2.05, 4.69) is 35.3 Å². The van der Waals surface area contributed by atoms with Crippen LogP contribution in [-0.4, -0.2) is 52.1 Å². The fourth-order valence-corrected chi connectivity index (χ4v) is 4.44. The quantitative estimate of drug-likeness (QED) is 0.815. The molecule has 0 unspecified atom stereocenters. The summed E-state index contributed by atoms with van der Waals surface area (Å²) in [5, 5.41) is -0.134. The largest absolute Gasteiger partial charge is 0.328 e. The number of nitrogens with zero attached hydrogens (tertiary/aromatic N) is 4. The Balaban J connectivity index is 1.75. The van der Waals surface area contributed by atoms with E-state index in [1.807, 2.05) is 6.20 Å². The zero-order chi connectivity index (χ0) is 15.2. The van der Waals surface area contributed by atoms with Crippen molar-refractivity contribution in [1.29, 1.82) is 0 Å². The summed E-state index contributed by atoms with van der Waals surface area (Å²) in [5.74, 6) is 0.873. The molecule has 7 heteroatoms. The summed E-state index contributed by atoms with van der Waals surface area (Å²) in [7, 11) is -0.995. The maximum absolute atomic E-state index is 12.3. The first-order chi connectivity index (χ1) is 9.89. The summed E-state index contributed by atoms with van der Waals surface area (Å²) < 4.78 is 28.4. The minimum absolute atomic E-state index is 0.134. The molecule has 2 heterocycles. The molecule has 21 heavy (non-hydrogen) atoms. The Labute approximate surface area is 126 Å². The van der Waals surface area contributed by atoms with E-state index < -0.39 is 10.0 Å².